The Kier molecular flexibility index (Phi) is 6.10. The summed E-state index contributed by atoms with van der Waals surface area (Å²) in [6, 6.07) is 12.5. The Bertz CT molecular complexity index is 1150. The molecule has 0 aliphatic carbocycles. The minimum atomic E-state index is -3.83. The molecule has 5 nitrogen and oxygen atoms in total. The van der Waals surface area contributed by atoms with Gasteiger partial charge in [0.15, 0.2) is 0 Å². The van der Waals surface area contributed by atoms with Crippen LogP contribution in [0.15, 0.2) is 52.7 Å². The summed E-state index contributed by atoms with van der Waals surface area (Å²) in [4.78, 5) is 12.9. The molecule has 0 atom stereocenters. The van der Waals surface area contributed by atoms with Crippen molar-refractivity contribution in [1.29, 1.82) is 0 Å². The number of esters is 1. The van der Waals surface area contributed by atoms with Crippen LogP contribution >= 0.6 is 11.3 Å². The maximum Gasteiger partial charge on any atom is 0.341 e. The van der Waals surface area contributed by atoms with Crippen LogP contribution in [0.3, 0.4) is 0 Å². The third kappa shape index (κ3) is 4.52. The van der Waals surface area contributed by atoms with Crippen LogP contribution in [0.25, 0.3) is 11.1 Å². The largest absolute Gasteiger partial charge is 0.462 e. The van der Waals surface area contributed by atoms with Gasteiger partial charge in [-0.15, -0.1) is 11.3 Å². The van der Waals surface area contributed by atoms with E-state index in [1.165, 1.54) is 11.3 Å². The Morgan fingerprint density at radius 1 is 1.00 bits per heavy atom. The number of rotatable bonds is 6. The summed E-state index contributed by atoms with van der Waals surface area (Å²) in [5.74, 6) is -0.551. The highest BCUT2D eigenvalue weighted by Gasteiger charge is 2.26. The molecule has 1 aromatic heterocycles. The van der Waals surface area contributed by atoms with E-state index in [0.29, 0.717) is 5.56 Å². The van der Waals surface area contributed by atoms with Gasteiger partial charge in [-0.3, -0.25) is 4.72 Å². The van der Waals surface area contributed by atoms with Gasteiger partial charge in [-0.1, -0.05) is 41.5 Å². The molecule has 0 spiro atoms. The number of hydrogen-bond donors (Lipinski definition) is 1. The number of benzene rings is 2. The minimum absolute atomic E-state index is 0.138. The molecule has 0 bridgehead atoms. The van der Waals surface area contributed by atoms with Crippen LogP contribution in [0.2, 0.25) is 0 Å². The van der Waals surface area contributed by atoms with Gasteiger partial charge in [-0.25, -0.2) is 13.2 Å². The molecule has 0 aliphatic rings. The van der Waals surface area contributed by atoms with Gasteiger partial charge in [0.2, 0.25) is 0 Å². The lowest BCUT2D eigenvalue weighted by atomic mass is 9.98. The second-order valence-corrected chi connectivity index (χ2v) is 9.37. The van der Waals surface area contributed by atoms with Crippen molar-refractivity contribution in [2.75, 3.05) is 11.3 Å². The monoisotopic (exact) mass is 429 g/mol. The highest BCUT2D eigenvalue weighted by Crippen LogP contribution is 2.38. The van der Waals surface area contributed by atoms with Gasteiger partial charge in [0, 0.05) is 10.9 Å². The Labute approximate surface area is 175 Å². The zero-order valence-electron chi connectivity index (χ0n) is 16.8. The lowest BCUT2D eigenvalue weighted by molar-refractivity contribution is 0.0529. The van der Waals surface area contributed by atoms with Gasteiger partial charge in [-0.05, 0) is 51.0 Å². The molecule has 29 heavy (non-hydrogen) atoms. The van der Waals surface area contributed by atoms with Gasteiger partial charge in [0.05, 0.1) is 11.5 Å². The van der Waals surface area contributed by atoms with Crippen molar-refractivity contribution in [2.45, 2.75) is 32.6 Å². The summed E-state index contributed by atoms with van der Waals surface area (Å²) in [7, 11) is -3.83. The summed E-state index contributed by atoms with van der Waals surface area (Å²) in [6.07, 6.45) is 0. The Morgan fingerprint density at radius 2 is 1.66 bits per heavy atom. The summed E-state index contributed by atoms with van der Waals surface area (Å²) in [6.45, 7) is 7.77. The van der Waals surface area contributed by atoms with E-state index in [2.05, 4.69) is 4.72 Å². The van der Waals surface area contributed by atoms with Crippen molar-refractivity contribution < 1.29 is 17.9 Å². The van der Waals surface area contributed by atoms with Crippen LogP contribution in [0.5, 0.6) is 0 Å². The van der Waals surface area contributed by atoms with E-state index in [1.807, 2.05) is 39.0 Å². The van der Waals surface area contributed by atoms with Crippen molar-refractivity contribution in [3.8, 4) is 11.1 Å². The fourth-order valence-corrected chi connectivity index (χ4v) is 5.32. The number of ether oxygens (including phenoxy) is 1. The topological polar surface area (TPSA) is 72.5 Å². The number of hydrogen-bond acceptors (Lipinski definition) is 5. The van der Waals surface area contributed by atoms with Crippen LogP contribution in [-0.2, 0) is 14.8 Å². The SMILES string of the molecule is CCOC(=O)c1c(-c2ccc(C)cc2C)csc1NS(=O)(=O)c1ccc(C)cc1. The molecule has 0 saturated carbocycles. The molecule has 152 valence electrons. The molecule has 0 radical (unpaired) electrons. The summed E-state index contributed by atoms with van der Waals surface area (Å²) >= 11 is 1.17. The van der Waals surface area contributed by atoms with Crippen molar-refractivity contribution in [1.82, 2.24) is 0 Å². The Balaban J connectivity index is 2.08. The van der Waals surface area contributed by atoms with Crippen molar-refractivity contribution in [3.05, 3.63) is 70.1 Å². The van der Waals surface area contributed by atoms with Crippen LogP contribution < -0.4 is 4.72 Å². The predicted octanol–water partition coefficient (Wildman–Crippen LogP) is 5.32. The number of sulfonamides is 1. The van der Waals surface area contributed by atoms with Crippen LogP contribution in [-0.4, -0.2) is 21.0 Å². The molecule has 2 aromatic carbocycles. The Hall–Kier alpha value is -2.64. The molecule has 1 heterocycles. The van der Waals surface area contributed by atoms with E-state index < -0.39 is 16.0 Å². The molecule has 0 unspecified atom stereocenters. The first kappa shape index (κ1) is 21.1. The quantitative estimate of drug-likeness (QED) is 0.539. The van der Waals surface area contributed by atoms with Gasteiger partial charge < -0.3 is 4.74 Å². The fourth-order valence-electron chi connectivity index (χ4n) is 3.05. The number of aryl methyl sites for hydroxylation is 3. The molecule has 1 N–H and O–H groups in total. The summed E-state index contributed by atoms with van der Waals surface area (Å²) in [5, 5.41) is 2.04. The lowest BCUT2D eigenvalue weighted by Crippen LogP contribution is -2.15. The zero-order valence-corrected chi connectivity index (χ0v) is 18.4. The molecule has 0 saturated heterocycles. The van der Waals surface area contributed by atoms with Crippen molar-refractivity contribution >= 4 is 32.3 Å². The van der Waals surface area contributed by atoms with E-state index in [0.717, 1.165) is 22.3 Å². The van der Waals surface area contributed by atoms with Gasteiger partial charge >= 0.3 is 5.97 Å². The average Bonchev–Trinajstić information content (AvgIpc) is 3.05. The zero-order chi connectivity index (χ0) is 21.2. The molecule has 0 amide bonds. The summed E-state index contributed by atoms with van der Waals surface area (Å²) in [5.41, 5.74) is 4.84. The third-order valence-corrected chi connectivity index (χ3v) is 6.89. The maximum absolute atomic E-state index is 12.8. The molecule has 0 fully saturated rings. The Morgan fingerprint density at radius 3 is 2.28 bits per heavy atom. The van der Waals surface area contributed by atoms with Gasteiger partial charge in [-0.2, -0.15) is 0 Å². The van der Waals surface area contributed by atoms with E-state index in [4.69, 9.17) is 4.74 Å². The highest BCUT2D eigenvalue weighted by atomic mass is 32.2. The highest BCUT2D eigenvalue weighted by molar-refractivity contribution is 7.93. The average molecular weight is 430 g/mol. The minimum Gasteiger partial charge on any atom is -0.462 e. The maximum atomic E-state index is 12.8. The summed E-state index contributed by atoms with van der Waals surface area (Å²) < 4.78 is 33.5. The van der Waals surface area contributed by atoms with Gasteiger partial charge in [0.1, 0.15) is 10.6 Å². The van der Waals surface area contributed by atoms with Crippen LogP contribution in [0, 0.1) is 20.8 Å². The smallest absolute Gasteiger partial charge is 0.341 e. The number of nitrogens with one attached hydrogen (secondary N) is 1. The number of carbonyl (C=O) groups is 1. The van der Waals surface area contributed by atoms with E-state index in [-0.39, 0.29) is 22.1 Å². The first-order chi connectivity index (χ1) is 13.7. The first-order valence-corrected chi connectivity index (χ1v) is 11.5. The van der Waals surface area contributed by atoms with E-state index in [9.17, 15) is 13.2 Å². The van der Waals surface area contributed by atoms with Crippen LogP contribution in [0.4, 0.5) is 5.00 Å². The number of thiophene rings is 1. The molecular formula is C22H23NO4S2. The molecule has 3 rings (SSSR count). The lowest BCUT2D eigenvalue weighted by Gasteiger charge is -2.12. The number of carbonyl (C=O) groups excluding carboxylic acids is 1. The molecule has 7 heteroatoms. The second-order valence-electron chi connectivity index (χ2n) is 6.81. The predicted molar refractivity (Wildman–Crippen MR) is 117 cm³/mol. The number of anilines is 1. The van der Waals surface area contributed by atoms with E-state index >= 15 is 0 Å². The third-order valence-electron chi connectivity index (χ3n) is 4.50. The second kappa shape index (κ2) is 8.39. The van der Waals surface area contributed by atoms with Crippen molar-refractivity contribution in [2.24, 2.45) is 0 Å². The van der Waals surface area contributed by atoms with E-state index in [1.54, 1.807) is 36.6 Å². The van der Waals surface area contributed by atoms with Gasteiger partial charge in [0.25, 0.3) is 10.0 Å². The molecular weight excluding hydrogens is 406 g/mol. The van der Waals surface area contributed by atoms with Crippen LogP contribution in [0.1, 0.15) is 34.0 Å². The molecule has 0 aliphatic heterocycles. The fraction of sp³-hybridized carbons (Fsp3) is 0.227. The van der Waals surface area contributed by atoms with Crippen molar-refractivity contribution in [3.63, 3.8) is 0 Å². The molecule has 3 aromatic rings. The first-order valence-electron chi connectivity index (χ1n) is 9.18. The normalized spacial score (nSPS) is 11.3. The standard InChI is InChI=1S/C22H23NO4S2/c1-5-27-22(24)20-19(18-11-8-15(3)12-16(18)4)13-28-21(20)23-29(25,26)17-9-6-14(2)7-10-17/h6-13,23H,5H2,1-4H3.